The minimum absolute atomic E-state index is 0.0764. The number of para-hydroxylation sites is 1. The van der Waals surface area contributed by atoms with Gasteiger partial charge in [-0.1, -0.05) is 36.4 Å². The first-order valence-electron chi connectivity index (χ1n) is 13.9. The summed E-state index contributed by atoms with van der Waals surface area (Å²) >= 11 is 0. The molecule has 1 amide bonds. The number of fused-ring (bicyclic) bond motifs is 2. The molecule has 0 spiro atoms. The second-order valence-corrected chi connectivity index (χ2v) is 11.2. The second-order valence-electron chi connectivity index (χ2n) is 11.2. The number of aliphatic hydroxyl groups is 1. The smallest absolute Gasteiger partial charge is 0.270 e. The number of amides is 1. The fraction of sp³-hybridized carbons (Fsp3) is 0.406. The number of rotatable bonds is 3. The van der Waals surface area contributed by atoms with Crippen molar-refractivity contribution < 1.29 is 9.90 Å². The minimum Gasteiger partial charge on any atom is -0.389 e. The summed E-state index contributed by atoms with van der Waals surface area (Å²) in [4.78, 5) is 17.9. The van der Waals surface area contributed by atoms with E-state index in [9.17, 15) is 9.90 Å². The topological polar surface area (TPSA) is 60.7 Å². The van der Waals surface area contributed by atoms with E-state index in [0.29, 0.717) is 6.54 Å². The lowest BCUT2D eigenvalue weighted by molar-refractivity contribution is 0.0653. The maximum Gasteiger partial charge on any atom is 0.270 e. The van der Waals surface area contributed by atoms with Gasteiger partial charge in [0.25, 0.3) is 5.91 Å². The molecule has 0 radical (unpaired) electrons. The van der Waals surface area contributed by atoms with E-state index in [1.54, 1.807) is 0 Å². The molecule has 1 fully saturated rings. The van der Waals surface area contributed by atoms with Gasteiger partial charge in [-0.25, -0.2) is 0 Å². The van der Waals surface area contributed by atoms with Crippen molar-refractivity contribution in [2.75, 3.05) is 38.5 Å². The largest absolute Gasteiger partial charge is 0.389 e. The molecular weight excluding hydrogens is 472 g/mol. The number of piperazine rings is 1. The maximum absolute atomic E-state index is 13.7. The number of benzene rings is 2. The molecule has 3 heterocycles. The third kappa shape index (κ3) is 4.46. The van der Waals surface area contributed by atoms with Crippen molar-refractivity contribution in [1.29, 1.82) is 0 Å². The van der Waals surface area contributed by atoms with Crippen LogP contribution in [0, 0.1) is 6.92 Å². The molecule has 1 saturated heterocycles. The molecular formula is C32H38N4O2. The maximum atomic E-state index is 13.7. The molecule has 2 N–H and O–H groups in total. The van der Waals surface area contributed by atoms with Gasteiger partial charge in [0.1, 0.15) is 5.69 Å². The summed E-state index contributed by atoms with van der Waals surface area (Å²) in [6.45, 7) is 8.25. The molecule has 6 nitrogen and oxygen atoms in total. The van der Waals surface area contributed by atoms with E-state index in [1.165, 1.54) is 27.8 Å². The lowest BCUT2D eigenvalue weighted by Crippen LogP contribution is -2.47. The van der Waals surface area contributed by atoms with Crippen LogP contribution in [0.5, 0.6) is 0 Å². The zero-order chi connectivity index (χ0) is 26.4. The molecule has 38 heavy (non-hydrogen) atoms. The Morgan fingerprint density at radius 1 is 1.00 bits per heavy atom. The minimum atomic E-state index is -0.336. The first kappa shape index (κ1) is 25.0. The van der Waals surface area contributed by atoms with Crippen LogP contribution in [0.15, 0.2) is 60.2 Å². The Kier molecular flexibility index (Phi) is 6.62. The van der Waals surface area contributed by atoms with Crippen molar-refractivity contribution in [2.24, 2.45) is 0 Å². The third-order valence-corrected chi connectivity index (χ3v) is 8.75. The Morgan fingerprint density at radius 2 is 1.79 bits per heavy atom. The fourth-order valence-electron chi connectivity index (χ4n) is 6.36. The molecule has 0 bridgehead atoms. The van der Waals surface area contributed by atoms with Gasteiger partial charge >= 0.3 is 0 Å². The Morgan fingerprint density at radius 3 is 2.58 bits per heavy atom. The summed E-state index contributed by atoms with van der Waals surface area (Å²) in [5.41, 5.74) is 10.2. The fourth-order valence-corrected chi connectivity index (χ4v) is 6.36. The number of aromatic nitrogens is 1. The van der Waals surface area contributed by atoms with Crippen LogP contribution in [0.4, 0.5) is 5.69 Å². The van der Waals surface area contributed by atoms with Crippen LogP contribution < -0.4 is 5.32 Å². The lowest BCUT2D eigenvalue weighted by Gasteiger charge is -2.32. The van der Waals surface area contributed by atoms with Gasteiger partial charge in [0.05, 0.1) is 18.7 Å². The first-order valence-corrected chi connectivity index (χ1v) is 13.9. The zero-order valence-corrected chi connectivity index (χ0v) is 22.7. The van der Waals surface area contributed by atoms with Crippen molar-refractivity contribution in [2.45, 2.75) is 51.8 Å². The van der Waals surface area contributed by atoms with Crippen LogP contribution in [0.3, 0.4) is 0 Å². The third-order valence-electron chi connectivity index (χ3n) is 8.75. The second kappa shape index (κ2) is 10.1. The van der Waals surface area contributed by atoms with Crippen LogP contribution in [0.1, 0.15) is 70.7 Å². The Balaban J connectivity index is 1.40. The van der Waals surface area contributed by atoms with E-state index in [0.717, 1.165) is 68.1 Å². The van der Waals surface area contributed by atoms with Crippen LogP contribution >= 0.6 is 0 Å². The van der Waals surface area contributed by atoms with Crippen LogP contribution in [-0.4, -0.2) is 64.7 Å². The molecule has 2 atom stereocenters. The molecule has 2 aromatic carbocycles. The molecule has 1 aliphatic carbocycles. The number of likely N-dealkylation sites (N-methyl/N-ethyl adjacent to an activating group) is 1. The monoisotopic (exact) mass is 510 g/mol. The van der Waals surface area contributed by atoms with Gasteiger partial charge in [0.15, 0.2) is 0 Å². The number of hydrogen-bond acceptors (Lipinski definition) is 4. The average molecular weight is 511 g/mol. The Labute approximate surface area is 225 Å². The standard InChI is InChI=1S/C32H38N4O2/c1-21-19-23(11-12-25(21)26-8-6-10-30(37)22(26)2)31-28-13-14-29(32(38)35-17-15-34(3)16-18-35)36(28)20-24-7-4-5-9-27(24)33-31/h4-5,7,9,11-14,19,30-31,33,37H,6,8,10,15-18,20H2,1-3H3/t30-,31?/m1/s1. The van der Waals surface area contributed by atoms with Gasteiger partial charge in [-0.15, -0.1) is 0 Å². The number of anilines is 1. The number of carbonyl (C=O) groups is 1. The molecule has 198 valence electrons. The van der Waals surface area contributed by atoms with Gasteiger partial charge in [-0.3, -0.25) is 4.79 Å². The highest BCUT2D eigenvalue weighted by Gasteiger charge is 2.30. The van der Waals surface area contributed by atoms with Crippen molar-refractivity contribution >= 4 is 17.2 Å². The quantitative estimate of drug-likeness (QED) is 0.517. The summed E-state index contributed by atoms with van der Waals surface area (Å²) in [5, 5.41) is 14.2. The van der Waals surface area contributed by atoms with Gasteiger partial charge in [-0.2, -0.15) is 0 Å². The van der Waals surface area contributed by atoms with E-state index in [2.05, 4.69) is 84.2 Å². The van der Waals surface area contributed by atoms with E-state index in [1.807, 2.05) is 11.0 Å². The predicted molar refractivity (Wildman–Crippen MR) is 152 cm³/mol. The van der Waals surface area contributed by atoms with Gasteiger partial charge in [0.2, 0.25) is 0 Å². The number of allylic oxidation sites excluding steroid dienone is 1. The van der Waals surface area contributed by atoms with Crippen molar-refractivity contribution in [3.63, 3.8) is 0 Å². The van der Waals surface area contributed by atoms with Crippen molar-refractivity contribution in [1.82, 2.24) is 14.4 Å². The number of aliphatic hydroxyl groups excluding tert-OH is 1. The number of aryl methyl sites for hydroxylation is 1. The van der Waals surface area contributed by atoms with Crippen molar-refractivity contribution in [3.05, 3.63) is 93.8 Å². The van der Waals surface area contributed by atoms with E-state index in [4.69, 9.17) is 0 Å². The highest BCUT2D eigenvalue weighted by Crippen LogP contribution is 2.38. The highest BCUT2D eigenvalue weighted by molar-refractivity contribution is 5.93. The zero-order valence-electron chi connectivity index (χ0n) is 22.7. The van der Waals surface area contributed by atoms with Crippen LogP contribution in [0.2, 0.25) is 0 Å². The molecule has 1 aromatic heterocycles. The molecule has 6 rings (SSSR count). The summed E-state index contributed by atoms with van der Waals surface area (Å²) in [7, 11) is 2.11. The number of carbonyl (C=O) groups excluding carboxylic acids is 1. The van der Waals surface area contributed by atoms with E-state index < -0.39 is 0 Å². The van der Waals surface area contributed by atoms with Crippen LogP contribution in [-0.2, 0) is 6.54 Å². The average Bonchev–Trinajstić information content (AvgIpc) is 3.25. The van der Waals surface area contributed by atoms with Gasteiger partial charge in [-0.05, 0) is 91.8 Å². The lowest BCUT2D eigenvalue weighted by atomic mass is 9.84. The number of hydrogen-bond donors (Lipinski definition) is 2. The Hall–Kier alpha value is -3.35. The van der Waals surface area contributed by atoms with Crippen LogP contribution in [0.25, 0.3) is 5.57 Å². The molecule has 1 unspecified atom stereocenters. The normalized spacial score (nSPS) is 21.9. The molecule has 6 heteroatoms. The number of nitrogens with zero attached hydrogens (tertiary/aromatic N) is 3. The van der Waals surface area contributed by atoms with Gasteiger partial charge < -0.3 is 24.8 Å². The predicted octanol–water partition coefficient (Wildman–Crippen LogP) is 5.07. The molecule has 3 aliphatic rings. The van der Waals surface area contributed by atoms with Gasteiger partial charge in [0, 0.05) is 37.6 Å². The highest BCUT2D eigenvalue weighted by atomic mass is 16.3. The Bertz CT molecular complexity index is 1400. The summed E-state index contributed by atoms with van der Waals surface area (Å²) in [5.74, 6) is 0.118. The molecule has 0 saturated carbocycles. The first-order chi connectivity index (χ1) is 18.4. The summed E-state index contributed by atoms with van der Waals surface area (Å²) < 4.78 is 2.22. The summed E-state index contributed by atoms with van der Waals surface area (Å²) in [6.07, 6.45) is 2.55. The summed E-state index contributed by atoms with van der Waals surface area (Å²) in [6, 6.07) is 19.2. The molecule has 3 aromatic rings. The number of nitrogens with one attached hydrogen (secondary N) is 1. The molecule has 2 aliphatic heterocycles. The van der Waals surface area contributed by atoms with E-state index in [-0.39, 0.29) is 18.1 Å². The van der Waals surface area contributed by atoms with E-state index >= 15 is 0 Å². The van der Waals surface area contributed by atoms with Crippen molar-refractivity contribution in [3.8, 4) is 0 Å². The SMILES string of the molecule is CC1=C(c2ccc(C3Nc4ccccc4Cn4c(C(=O)N5CCN(C)CC5)ccc43)cc2C)CCC[C@H]1O.